The van der Waals surface area contributed by atoms with Gasteiger partial charge in [0.1, 0.15) is 12.4 Å². The zero-order chi connectivity index (χ0) is 19.4. The number of imide groups is 3. The molecule has 2 N–H and O–H groups in total. The van der Waals surface area contributed by atoms with Crippen LogP contribution in [0.15, 0.2) is 24.3 Å². The van der Waals surface area contributed by atoms with Crippen LogP contribution in [0.1, 0.15) is 13.8 Å². The minimum atomic E-state index is -1.14. The van der Waals surface area contributed by atoms with Crippen LogP contribution < -0.4 is 10.6 Å². The number of benzene rings is 1. The van der Waals surface area contributed by atoms with Crippen molar-refractivity contribution in [1.82, 2.24) is 15.1 Å². The van der Waals surface area contributed by atoms with Crippen molar-refractivity contribution in [1.29, 1.82) is 0 Å². The van der Waals surface area contributed by atoms with Crippen LogP contribution in [0.4, 0.5) is 19.7 Å². The topological polar surface area (TPSA) is 116 Å². The van der Waals surface area contributed by atoms with E-state index in [1.165, 1.54) is 18.2 Å². The van der Waals surface area contributed by atoms with Crippen LogP contribution in [-0.2, 0) is 14.4 Å². The quantitative estimate of drug-likeness (QED) is 0.595. The van der Waals surface area contributed by atoms with Crippen molar-refractivity contribution in [2.24, 2.45) is 5.92 Å². The summed E-state index contributed by atoms with van der Waals surface area (Å²) in [4.78, 5) is 60.5. The van der Waals surface area contributed by atoms with Gasteiger partial charge in [-0.25, -0.2) is 18.9 Å². The summed E-state index contributed by atoms with van der Waals surface area (Å²) in [6.07, 6.45) is 0. The van der Waals surface area contributed by atoms with Gasteiger partial charge in [-0.3, -0.25) is 24.6 Å². The predicted molar refractivity (Wildman–Crippen MR) is 87.2 cm³/mol. The fraction of sp³-hybridized carbons (Fsp3) is 0.312. The zero-order valence-electron chi connectivity index (χ0n) is 14.1. The third kappa shape index (κ3) is 4.21. The van der Waals surface area contributed by atoms with Gasteiger partial charge in [-0.15, -0.1) is 0 Å². The van der Waals surface area contributed by atoms with Crippen LogP contribution in [0.2, 0.25) is 0 Å². The number of hydrogen-bond donors (Lipinski definition) is 2. The summed E-state index contributed by atoms with van der Waals surface area (Å²) >= 11 is 0. The van der Waals surface area contributed by atoms with E-state index in [1.807, 2.05) is 5.32 Å². The molecule has 1 heterocycles. The number of nitrogens with zero attached hydrogens (tertiary/aromatic N) is 2. The lowest BCUT2D eigenvalue weighted by Gasteiger charge is -2.16. The highest BCUT2D eigenvalue weighted by Gasteiger charge is 2.45. The molecule has 0 aliphatic carbocycles. The number of hydrogen-bond acceptors (Lipinski definition) is 5. The molecule has 26 heavy (non-hydrogen) atoms. The summed E-state index contributed by atoms with van der Waals surface area (Å²) in [5.74, 6) is -3.92. The largest absolute Gasteiger partial charge is 0.334 e. The number of urea groups is 2. The standard InChI is InChI=1S/C16H17FN4O5/c1-9(2)7-20-13(23)14(24)21(16(20)26)8-12(22)19-15(25)18-11-6-4-3-5-10(11)17/h3-6,9H,7-8H2,1-2H3,(H2,18,19,22,25). The molecule has 7 amide bonds. The Bertz CT molecular complexity index is 780. The van der Waals surface area contributed by atoms with Crippen molar-refractivity contribution in [3.8, 4) is 0 Å². The highest BCUT2D eigenvalue weighted by molar-refractivity contribution is 6.45. The van der Waals surface area contributed by atoms with Gasteiger partial charge in [0.2, 0.25) is 5.91 Å². The maximum atomic E-state index is 13.4. The first kappa shape index (κ1) is 19.0. The van der Waals surface area contributed by atoms with Crippen molar-refractivity contribution in [2.75, 3.05) is 18.4 Å². The molecule has 1 aromatic carbocycles. The molecule has 10 heteroatoms. The zero-order valence-corrected chi connectivity index (χ0v) is 14.1. The monoisotopic (exact) mass is 364 g/mol. The van der Waals surface area contributed by atoms with E-state index in [-0.39, 0.29) is 18.2 Å². The molecule has 0 radical (unpaired) electrons. The number of para-hydroxylation sites is 1. The second kappa shape index (κ2) is 7.72. The Morgan fingerprint density at radius 3 is 2.31 bits per heavy atom. The van der Waals surface area contributed by atoms with E-state index >= 15 is 0 Å². The Labute approximate surface area is 148 Å². The molecule has 0 bridgehead atoms. The Morgan fingerprint density at radius 2 is 1.69 bits per heavy atom. The molecular formula is C16H17FN4O5. The number of rotatable bonds is 5. The molecule has 0 spiro atoms. The minimum absolute atomic E-state index is 0.0370. The molecule has 1 aromatic rings. The summed E-state index contributed by atoms with van der Waals surface area (Å²) in [7, 11) is 0. The maximum Gasteiger partial charge on any atom is 0.334 e. The number of anilines is 1. The molecule has 0 aromatic heterocycles. The van der Waals surface area contributed by atoms with Gasteiger partial charge in [-0.1, -0.05) is 26.0 Å². The highest BCUT2D eigenvalue weighted by Crippen LogP contribution is 2.14. The number of nitrogens with one attached hydrogen (secondary N) is 2. The van der Waals surface area contributed by atoms with Gasteiger partial charge in [0.15, 0.2) is 0 Å². The molecular weight excluding hydrogens is 347 g/mol. The summed E-state index contributed by atoms with van der Waals surface area (Å²) < 4.78 is 13.4. The second-order valence-corrected chi connectivity index (χ2v) is 5.97. The van der Waals surface area contributed by atoms with Crippen molar-refractivity contribution in [3.63, 3.8) is 0 Å². The Kier molecular flexibility index (Phi) is 5.65. The molecule has 9 nitrogen and oxygen atoms in total. The number of carbonyl (C=O) groups excluding carboxylic acids is 5. The lowest BCUT2D eigenvalue weighted by molar-refractivity contribution is -0.144. The number of amides is 7. The van der Waals surface area contributed by atoms with Crippen molar-refractivity contribution in [2.45, 2.75) is 13.8 Å². The first-order chi connectivity index (χ1) is 12.2. The summed E-state index contributed by atoms with van der Waals surface area (Å²) in [6, 6.07) is 3.36. The number of halogens is 1. The number of carbonyl (C=O) groups is 5. The first-order valence-electron chi connectivity index (χ1n) is 7.73. The SMILES string of the molecule is CC(C)CN1C(=O)C(=O)N(CC(=O)NC(=O)Nc2ccccc2F)C1=O. The van der Waals surface area contributed by atoms with Gasteiger partial charge in [-0.05, 0) is 18.1 Å². The molecule has 1 saturated heterocycles. The lowest BCUT2D eigenvalue weighted by Crippen LogP contribution is -2.44. The Morgan fingerprint density at radius 1 is 1.08 bits per heavy atom. The van der Waals surface area contributed by atoms with Gasteiger partial charge >= 0.3 is 23.9 Å². The fourth-order valence-electron chi connectivity index (χ4n) is 2.24. The van der Waals surface area contributed by atoms with Crippen LogP contribution in [0.5, 0.6) is 0 Å². The van der Waals surface area contributed by atoms with Crippen LogP contribution in [0, 0.1) is 11.7 Å². The van der Waals surface area contributed by atoms with Gasteiger partial charge < -0.3 is 5.32 Å². The predicted octanol–water partition coefficient (Wildman–Crippen LogP) is 0.921. The minimum Gasteiger partial charge on any atom is -0.305 e. The molecule has 1 aliphatic heterocycles. The van der Waals surface area contributed by atoms with E-state index in [9.17, 15) is 28.4 Å². The molecule has 138 valence electrons. The van der Waals surface area contributed by atoms with Crippen molar-refractivity contribution >= 4 is 35.5 Å². The van der Waals surface area contributed by atoms with E-state index in [0.717, 1.165) is 11.0 Å². The normalized spacial score (nSPS) is 14.2. The van der Waals surface area contributed by atoms with Crippen molar-refractivity contribution < 1.29 is 28.4 Å². The third-order valence-electron chi connectivity index (χ3n) is 3.36. The Hall–Kier alpha value is -3.30. The average molecular weight is 364 g/mol. The van der Waals surface area contributed by atoms with Gasteiger partial charge in [-0.2, -0.15) is 0 Å². The van der Waals surface area contributed by atoms with E-state index in [1.54, 1.807) is 13.8 Å². The molecule has 1 fully saturated rings. The second-order valence-electron chi connectivity index (χ2n) is 5.97. The van der Waals surface area contributed by atoms with E-state index in [4.69, 9.17) is 0 Å². The summed E-state index contributed by atoms with van der Waals surface area (Å²) in [5.41, 5.74) is -0.149. The lowest BCUT2D eigenvalue weighted by atomic mass is 10.2. The molecule has 1 aliphatic rings. The average Bonchev–Trinajstić information content (AvgIpc) is 2.74. The van der Waals surface area contributed by atoms with Gasteiger partial charge in [0.05, 0.1) is 5.69 Å². The van der Waals surface area contributed by atoms with Gasteiger partial charge in [0.25, 0.3) is 0 Å². The van der Waals surface area contributed by atoms with Crippen LogP contribution in [-0.4, -0.2) is 52.7 Å². The fourth-order valence-corrected chi connectivity index (χ4v) is 2.24. The Balaban J connectivity index is 1.96. The molecule has 0 saturated carbocycles. The third-order valence-corrected chi connectivity index (χ3v) is 3.36. The molecule has 0 atom stereocenters. The van der Waals surface area contributed by atoms with E-state index < -0.39 is 42.1 Å². The van der Waals surface area contributed by atoms with Crippen LogP contribution in [0.3, 0.4) is 0 Å². The smallest absolute Gasteiger partial charge is 0.305 e. The van der Waals surface area contributed by atoms with Crippen LogP contribution in [0.25, 0.3) is 0 Å². The summed E-state index contributed by atoms with van der Waals surface area (Å²) in [5, 5.41) is 3.98. The van der Waals surface area contributed by atoms with Crippen molar-refractivity contribution in [3.05, 3.63) is 30.1 Å². The highest BCUT2D eigenvalue weighted by atomic mass is 19.1. The van der Waals surface area contributed by atoms with E-state index in [2.05, 4.69) is 5.32 Å². The first-order valence-corrected chi connectivity index (χ1v) is 7.73. The maximum absolute atomic E-state index is 13.4. The van der Waals surface area contributed by atoms with Gasteiger partial charge in [0, 0.05) is 6.54 Å². The molecule has 0 unspecified atom stereocenters. The summed E-state index contributed by atoms with van der Waals surface area (Å²) in [6.45, 7) is 2.75. The molecule has 2 rings (SSSR count). The van der Waals surface area contributed by atoms with Crippen LogP contribution >= 0.6 is 0 Å². The van der Waals surface area contributed by atoms with E-state index in [0.29, 0.717) is 4.90 Å².